The molecule has 3 rings (SSSR count). The lowest BCUT2D eigenvalue weighted by molar-refractivity contribution is 0.0919. The van der Waals surface area contributed by atoms with Gasteiger partial charge in [0.05, 0.1) is 11.4 Å². The Morgan fingerprint density at radius 2 is 2.26 bits per heavy atom. The summed E-state index contributed by atoms with van der Waals surface area (Å²) in [5.74, 6) is 0.324. The predicted octanol–water partition coefficient (Wildman–Crippen LogP) is 1.32. The summed E-state index contributed by atoms with van der Waals surface area (Å²) in [6.07, 6.45) is 2.83. The van der Waals surface area contributed by atoms with E-state index in [0.29, 0.717) is 18.0 Å². The highest BCUT2D eigenvalue weighted by Gasteiger charge is 2.32. The van der Waals surface area contributed by atoms with Crippen molar-refractivity contribution in [1.82, 2.24) is 25.3 Å². The molecule has 2 aromatic heterocycles. The summed E-state index contributed by atoms with van der Waals surface area (Å²) < 4.78 is 1.81. The molecule has 1 atom stereocenters. The minimum Gasteiger partial charge on any atom is -0.396 e. The average molecular weight is 317 g/mol. The molecular weight excluding hydrogens is 294 g/mol. The third-order valence-corrected chi connectivity index (χ3v) is 4.54. The van der Waals surface area contributed by atoms with Crippen molar-refractivity contribution in [3.05, 3.63) is 23.1 Å². The summed E-state index contributed by atoms with van der Waals surface area (Å²) >= 11 is 0. The van der Waals surface area contributed by atoms with E-state index in [0.717, 1.165) is 35.5 Å². The molecule has 0 aromatic carbocycles. The van der Waals surface area contributed by atoms with E-state index < -0.39 is 0 Å². The molecule has 7 nitrogen and oxygen atoms in total. The number of aromatic nitrogens is 4. The highest BCUT2D eigenvalue weighted by Crippen LogP contribution is 2.34. The maximum atomic E-state index is 12.4. The first-order valence-corrected chi connectivity index (χ1v) is 7.99. The van der Waals surface area contributed by atoms with Crippen molar-refractivity contribution in [2.75, 3.05) is 6.61 Å². The molecule has 1 aliphatic carbocycles. The number of amides is 1. The van der Waals surface area contributed by atoms with Crippen molar-refractivity contribution in [3.8, 4) is 11.3 Å². The first-order valence-electron chi connectivity index (χ1n) is 7.99. The Labute approximate surface area is 135 Å². The van der Waals surface area contributed by atoms with Crippen molar-refractivity contribution in [2.24, 2.45) is 13.0 Å². The topological polar surface area (TPSA) is 95.8 Å². The van der Waals surface area contributed by atoms with E-state index >= 15 is 0 Å². The normalized spacial score (nSPS) is 15.7. The summed E-state index contributed by atoms with van der Waals surface area (Å²) in [5, 5.41) is 23.6. The van der Waals surface area contributed by atoms with E-state index in [4.69, 9.17) is 5.11 Å². The molecule has 2 aromatic rings. The van der Waals surface area contributed by atoms with Crippen molar-refractivity contribution in [1.29, 1.82) is 0 Å². The zero-order valence-corrected chi connectivity index (χ0v) is 13.8. The Morgan fingerprint density at radius 1 is 1.52 bits per heavy atom. The van der Waals surface area contributed by atoms with Gasteiger partial charge in [0, 0.05) is 31.0 Å². The quantitative estimate of drug-likeness (QED) is 0.748. The number of hydrogen-bond acceptors (Lipinski definition) is 4. The maximum absolute atomic E-state index is 12.4. The first-order chi connectivity index (χ1) is 11.0. The van der Waals surface area contributed by atoms with Crippen LogP contribution in [-0.2, 0) is 7.05 Å². The van der Waals surface area contributed by atoms with E-state index in [2.05, 4.69) is 20.6 Å². The van der Waals surface area contributed by atoms with E-state index in [1.165, 1.54) is 0 Å². The Bertz CT molecular complexity index is 714. The molecule has 1 fully saturated rings. The van der Waals surface area contributed by atoms with Crippen molar-refractivity contribution in [2.45, 2.75) is 39.2 Å². The monoisotopic (exact) mass is 317 g/mol. The third kappa shape index (κ3) is 3.14. The lowest BCUT2D eigenvalue weighted by atomic mass is 10.1. The number of carbonyl (C=O) groups excluding carboxylic acids is 1. The standard InChI is InChI=1S/C16H23N5O2/c1-9-15(10(2)21(3)20-9)13-8-14(19-18-13)16(23)17-12(6-7-22)11-4-5-11/h8,11-12,22H,4-7H2,1-3H3,(H,17,23)(H,18,19). The van der Waals surface area contributed by atoms with Crippen LogP contribution < -0.4 is 5.32 Å². The van der Waals surface area contributed by atoms with Crippen LogP contribution in [0.15, 0.2) is 6.07 Å². The van der Waals surface area contributed by atoms with Gasteiger partial charge in [0.15, 0.2) is 0 Å². The van der Waals surface area contributed by atoms with Gasteiger partial charge in [-0.2, -0.15) is 10.2 Å². The van der Waals surface area contributed by atoms with Crippen LogP contribution in [0.1, 0.15) is 41.1 Å². The number of aliphatic hydroxyl groups excluding tert-OH is 1. The zero-order valence-electron chi connectivity index (χ0n) is 13.8. The molecule has 2 heterocycles. The largest absolute Gasteiger partial charge is 0.396 e. The second-order valence-electron chi connectivity index (χ2n) is 6.27. The van der Waals surface area contributed by atoms with Crippen molar-refractivity contribution < 1.29 is 9.90 Å². The van der Waals surface area contributed by atoms with Crippen LogP contribution >= 0.6 is 0 Å². The smallest absolute Gasteiger partial charge is 0.269 e. The van der Waals surface area contributed by atoms with E-state index in [1.54, 1.807) is 6.07 Å². The van der Waals surface area contributed by atoms with E-state index in [9.17, 15) is 4.79 Å². The molecule has 0 bridgehead atoms. The van der Waals surface area contributed by atoms with Gasteiger partial charge in [-0.1, -0.05) is 0 Å². The van der Waals surface area contributed by atoms with Gasteiger partial charge in [0.2, 0.25) is 0 Å². The molecule has 1 amide bonds. The van der Waals surface area contributed by atoms with Gasteiger partial charge < -0.3 is 10.4 Å². The second kappa shape index (κ2) is 6.16. The molecular formula is C16H23N5O2. The summed E-state index contributed by atoms with van der Waals surface area (Å²) in [5.41, 5.74) is 4.02. The molecule has 1 aliphatic rings. The van der Waals surface area contributed by atoms with Gasteiger partial charge in [0.25, 0.3) is 5.91 Å². The van der Waals surface area contributed by atoms with Gasteiger partial charge in [-0.15, -0.1) is 0 Å². The van der Waals surface area contributed by atoms with Crippen LogP contribution in [0.2, 0.25) is 0 Å². The Hall–Kier alpha value is -2.15. The summed E-state index contributed by atoms with van der Waals surface area (Å²) in [6.45, 7) is 4.00. The average Bonchev–Trinajstić information content (AvgIpc) is 3.19. The molecule has 0 spiro atoms. The highest BCUT2D eigenvalue weighted by atomic mass is 16.3. The highest BCUT2D eigenvalue weighted by molar-refractivity contribution is 5.93. The number of H-pyrrole nitrogens is 1. The lowest BCUT2D eigenvalue weighted by Gasteiger charge is -2.16. The van der Waals surface area contributed by atoms with E-state index in [-0.39, 0.29) is 18.6 Å². The zero-order chi connectivity index (χ0) is 16.6. The molecule has 23 heavy (non-hydrogen) atoms. The first kappa shape index (κ1) is 15.7. The van der Waals surface area contributed by atoms with Gasteiger partial charge in [-0.05, 0) is 45.1 Å². The minimum atomic E-state index is -0.173. The molecule has 3 N–H and O–H groups in total. The molecule has 0 saturated heterocycles. The number of carbonyl (C=O) groups is 1. The van der Waals surface area contributed by atoms with Gasteiger partial charge in [-0.3, -0.25) is 14.6 Å². The number of aromatic amines is 1. The molecule has 7 heteroatoms. The molecule has 124 valence electrons. The number of nitrogens with zero attached hydrogens (tertiary/aromatic N) is 3. The van der Waals surface area contributed by atoms with Crippen LogP contribution in [0.3, 0.4) is 0 Å². The summed E-state index contributed by atoms with van der Waals surface area (Å²) in [7, 11) is 1.89. The SMILES string of the molecule is Cc1nn(C)c(C)c1-c1cc(C(=O)NC(CCO)C2CC2)[nH]n1. The Balaban J connectivity index is 1.77. The third-order valence-electron chi connectivity index (χ3n) is 4.54. The fraction of sp³-hybridized carbons (Fsp3) is 0.562. The predicted molar refractivity (Wildman–Crippen MR) is 85.9 cm³/mol. The van der Waals surface area contributed by atoms with Crippen LogP contribution in [-0.4, -0.2) is 43.6 Å². The number of rotatable bonds is 6. The van der Waals surface area contributed by atoms with Gasteiger partial charge in [-0.25, -0.2) is 0 Å². The molecule has 1 unspecified atom stereocenters. The number of aryl methyl sites for hydroxylation is 2. The Morgan fingerprint density at radius 3 is 2.83 bits per heavy atom. The summed E-state index contributed by atoms with van der Waals surface area (Å²) in [6, 6.07) is 1.80. The molecule has 0 radical (unpaired) electrons. The van der Waals surface area contributed by atoms with E-state index in [1.807, 2.05) is 25.6 Å². The second-order valence-corrected chi connectivity index (χ2v) is 6.27. The van der Waals surface area contributed by atoms with Crippen molar-refractivity contribution in [3.63, 3.8) is 0 Å². The number of hydrogen-bond donors (Lipinski definition) is 3. The Kier molecular flexibility index (Phi) is 4.21. The van der Waals surface area contributed by atoms with Gasteiger partial charge in [0.1, 0.15) is 5.69 Å². The van der Waals surface area contributed by atoms with Crippen LogP contribution in [0.25, 0.3) is 11.3 Å². The molecule has 0 aliphatic heterocycles. The fourth-order valence-electron chi connectivity index (χ4n) is 3.02. The van der Waals surface area contributed by atoms with Crippen LogP contribution in [0.4, 0.5) is 0 Å². The van der Waals surface area contributed by atoms with Crippen LogP contribution in [0.5, 0.6) is 0 Å². The van der Waals surface area contributed by atoms with Crippen LogP contribution in [0, 0.1) is 19.8 Å². The fourth-order valence-corrected chi connectivity index (χ4v) is 3.02. The summed E-state index contributed by atoms with van der Waals surface area (Å²) in [4.78, 5) is 12.4. The molecule has 1 saturated carbocycles. The lowest BCUT2D eigenvalue weighted by Crippen LogP contribution is -2.37. The van der Waals surface area contributed by atoms with Crippen molar-refractivity contribution >= 4 is 5.91 Å². The maximum Gasteiger partial charge on any atom is 0.269 e. The number of nitrogens with one attached hydrogen (secondary N) is 2. The van der Waals surface area contributed by atoms with Gasteiger partial charge >= 0.3 is 0 Å². The number of aliphatic hydroxyl groups is 1. The minimum absolute atomic E-state index is 0.0427.